The van der Waals surface area contributed by atoms with Gasteiger partial charge in [-0.1, -0.05) is 35.4 Å². The summed E-state index contributed by atoms with van der Waals surface area (Å²) in [6.07, 6.45) is 1.42. The molecule has 1 saturated heterocycles. The minimum Gasteiger partial charge on any atom is -0.478 e. The largest absolute Gasteiger partial charge is 0.478 e. The van der Waals surface area contributed by atoms with Crippen LogP contribution in [0.2, 0.25) is 5.02 Å². The van der Waals surface area contributed by atoms with Crippen LogP contribution in [0.5, 0.6) is 0 Å². The lowest BCUT2D eigenvalue weighted by Gasteiger charge is -2.12. The molecular formula is C24H17ClN2O6S. The van der Waals surface area contributed by atoms with Crippen LogP contribution < -0.4 is 5.32 Å². The number of carbonyl (C=O) groups excluding carboxylic acids is 3. The number of thioether (sulfide) groups is 1. The van der Waals surface area contributed by atoms with Crippen molar-refractivity contribution in [1.29, 1.82) is 0 Å². The quantitative estimate of drug-likeness (QED) is 0.446. The number of imide groups is 1. The van der Waals surface area contributed by atoms with Gasteiger partial charge in [-0.05, 0) is 55.1 Å². The number of rotatable bonds is 6. The third-order valence-electron chi connectivity index (χ3n) is 4.89. The molecule has 1 aliphatic rings. The van der Waals surface area contributed by atoms with Gasteiger partial charge in [0.25, 0.3) is 11.1 Å². The predicted molar refractivity (Wildman–Crippen MR) is 129 cm³/mol. The fraction of sp³-hybridized carbons (Fsp3) is 0.0833. The van der Waals surface area contributed by atoms with Gasteiger partial charge in [-0.25, -0.2) is 4.79 Å². The topological polar surface area (TPSA) is 117 Å². The highest BCUT2D eigenvalue weighted by atomic mass is 35.5. The average molecular weight is 497 g/mol. The van der Waals surface area contributed by atoms with Gasteiger partial charge in [0, 0.05) is 17.3 Å². The Kier molecular flexibility index (Phi) is 6.58. The van der Waals surface area contributed by atoms with Crippen molar-refractivity contribution >= 4 is 58.1 Å². The number of halogens is 1. The van der Waals surface area contributed by atoms with Crippen LogP contribution in [0.3, 0.4) is 0 Å². The Bertz CT molecular complexity index is 1350. The van der Waals surface area contributed by atoms with Crippen molar-refractivity contribution in [1.82, 2.24) is 4.90 Å². The summed E-state index contributed by atoms with van der Waals surface area (Å²) in [6.45, 7) is 1.51. The van der Waals surface area contributed by atoms with Crippen molar-refractivity contribution in [2.75, 3.05) is 11.9 Å². The smallest absolute Gasteiger partial charge is 0.337 e. The first-order chi connectivity index (χ1) is 16.2. The highest BCUT2D eigenvalue weighted by molar-refractivity contribution is 8.18. The number of nitrogens with one attached hydrogen (secondary N) is 1. The summed E-state index contributed by atoms with van der Waals surface area (Å²) in [7, 11) is 0. The van der Waals surface area contributed by atoms with Crippen molar-refractivity contribution in [2.24, 2.45) is 0 Å². The zero-order valence-electron chi connectivity index (χ0n) is 17.7. The number of carboxylic acids is 1. The number of nitrogens with zero attached hydrogens (tertiary/aromatic N) is 1. The van der Waals surface area contributed by atoms with Gasteiger partial charge in [-0.3, -0.25) is 19.3 Å². The van der Waals surface area contributed by atoms with Crippen LogP contribution in [-0.4, -0.2) is 39.6 Å². The van der Waals surface area contributed by atoms with E-state index in [1.54, 1.807) is 30.3 Å². The van der Waals surface area contributed by atoms with Crippen molar-refractivity contribution in [2.45, 2.75) is 6.92 Å². The van der Waals surface area contributed by atoms with Crippen molar-refractivity contribution in [3.63, 3.8) is 0 Å². The second kappa shape index (κ2) is 9.58. The number of aryl methyl sites for hydroxylation is 1. The van der Waals surface area contributed by atoms with E-state index < -0.39 is 29.6 Å². The van der Waals surface area contributed by atoms with Gasteiger partial charge in [-0.15, -0.1) is 0 Å². The van der Waals surface area contributed by atoms with Crippen LogP contribution in [0.4, 0.5) is 10.5 Å². The zero-order chi connectivity index (χ0) is 24.4. The summed E-state index contributed by atoms with van der Waals surface area (Å²) >= 11 is 6.72. The lowest BCUT2D eigenvalue weighted by atomic mass is 10.1. The predicted octanol–water partition coefficient (Wildman–Crippen LogP) is 5.28. The third kappa shape index (κ3) is 5.05. The molecule has 4 rings (SSSR count). The van der Waals surface area contributed by atoms with Gasteiger partial charge in [-0.2, -0.15) is 0 Å². The highest BCUT2D eigenvalue weighted by Crippen LogP contribution is 2.34. The molecule has 0 atom stereocenters. The number of carbonyl (C=O) groups is 4. The second-order valence-corrected chi connectivity index (χ2v) is 8.78. The van der Waals surface area contributed by atoms with Crippen molar-refractivity contribution in [3.8, 4) is 11.3 Å². The maximum absolute atomic E-state index is 12.7. The van der Waals surface area contributed by atoms with E-state index in [0.29, 0.717) is 34.5 Å². The number of amides is 3. The standard InChI is InChI=1S/C24H17ClN2O6S/c1-13-2-5-15(6-3-13)26-21(28)12-27-22(29)20(34-24(27)32)11-16-7-9-19(33-16)14-4-8-17(23(30)31)18(25)10-14/h2-11H,12H2,1H3,(H,26,28)(H,30,31). The molecule has 3 amide bonds. The van der Waals surface area contributed by atoms with Crippen LogP contribution in [0, 0.1) is 6.92 Å². The molecule has 0 unspecified atom stereocenters. The Morgan fingerprint density at radius 3 is 2.53 bits per heavy atom. The van der Waals surface area contributed by atoms with Gasteiger partial charge in [0.15, 0.2) is 0 Å². The van der Waals surface area contributed by atoms with Crippen LogP contribution in [0.15, 0.2) is 63.9 Å². The van der Waals surface area contributed by atoms with Crippen molar-refractivity contribution in [3.05, 3.63) is 81.4 Å². The molecule has 0 radical (unpaired) electrons. The SMILES string of the molecule is Cc1ccc(NC(=O)CN2C(=O)SC(=Cc3ccc(-c4ccc(C(=O)O)c(Cl)c4)o3)C2=O)cc1. The average Bonchev–Trinajstić information content (AvgIpc) is 3.35. The van der Waals surface area contributed by atoms with E-state index in [1.807, 2.05) is 19.1 Å². The number of hydrogen-bond donors (Lipinski definition) is 2. The van der Waals surface area contributed by atoms with Gasteiger partial charge in [0.2, 0.25) is 5.91 Å². The first kappa shape index (κ1) is 23.3. The summed E-state index contributed by atoms with van der Waals surface area (Å²) in [4.78, 5) is 49.4. The maximum Gasteiger partial charge on any atom is 0.337 e. The number of hydrogen-bond acceptors (Lipinski definition) is 6. The summed E-state index contributed by atoms with van der Waals surface area (Å²) in [6, 6.07) is 14.8. The summed E-state index contributed by atoms with van der Waals surface area (Å²) in [5.74, 6) is -1.51. The molecule has 3 aromatic rings. The Hall–Kier alpha value is -3.82. The van der Waals surface area contributed by atoms with Crippen LogP contribution in [0.1, 0.15) is 21.7 Å². The number of aromatic carboxylic acids is 1. The Labute approximate surface area is 203 Å². The molecule has 2 heterocycles. The molecule has 0 saturated carbocycles. The molecule has 2 aromatic carbocycles. The van der Waals surface area contributed by atoms with Crippen LogP contribution in [-0.2, 0) is 9.59 Å². The van der Waals surface area contributed by atoms with Crippen LogP contribution in [0.25, 0.3) is 17.4 Å². The van der Waals surface area contributed by atoms with Gasteiger partial charge >= 0.3 is 5.97 Å². The van der Waals surface area contributed by atoms with E-state index in [2.05, 4.69) is 5.32 Å². The molecule has 0 spiro atoms. The molecule has 10 heteroatoms. The van der Waals surface area contributed by atoms with Gasteiger partial charge in [0.1, 0.15) is 18.1 Å². The van der Waals surface area contributed by atoms with Gasteiger partial charge < -0.3 is 14.8 Å². The number of furan rings is 1. The second-order valence-electron chi connectivity index (χ2n) is 7.38. The van der Waals surface area contributed by atoms with E-state index in [9.17, 15) is 19.2 Å². The molecule has 1 fully saturated rings. The number of benzene rings is 2. The minimum absolute atomic E-state index is 0.0303. The molecule has 0 aliphatic carbocycles. The fourth-order valence-corrected chi connectivity index (χ4v) is 4.25. The normalized spacial score (nSPS) is 14.6. The first-order valence-electron chi connectivity index (χ1n) is 9.96. The Morgan fingerprint density at radius 2 is 1.85 bits per heavy atom. The molecule has 0 bridgehead atoms. The molecule has 2 N–H and O–H groups in total. The number of anilines is 1. The first-order valence-corrected chi connectivity index (χ1v) is 11.2. The number of carboxylic acid groups (broad SMARTS) is 1. The zero-order valence-corrected chi connectivity index (χ0v) is 19.3. The Morgan fingerprint density at radius 1 is 1.12 bits per heavy atom. The highest BCUT2D eigenvalue weighted by Gasteiger charge is 2.36. The maximum atomic E-state index is 12.7. The molecule has 1 aliphatic heterocycles. The molecule has 172 valence electrons. The van der Waals surface area contributed by atoms with Gasteiger partial charge in [0.05, 0.1) is 15.5 Å². The minimum atomic E-state index is -1.14. The molecule has 1 aromatic heterocycles. The van der Waals surface area contributed by atoms with E-state index in [1.165, 1.54) is 18.2 Å². The fourth-order valence-electron chi connectivity index (χ4n) is 3.17. The van der Waals surface area contributed by atoms with Crippen LogP contribution >= 0.6 is 23.4 Å². The van der Waals surface area contributed by atoms with Crippen molar-refractivity contribution < 1.29 is 28.7 Å². The van der Waals surface area contributed by atoms with E-state index in [4.69, 9.17) is 21.1 Å². The Balaban J connectivity index is 1.45. The summed E-state index contributed by atoms with van der Waals surface area (Å²) in [5, 5.41) is 11.3. The third-order valence-corrected chi connectivity index (χ3v) is 6.11. The summed E-state index contributed by atoms with van der Waals surface area (Å²) < 4.78 is 5.72. The monoisotopic (exact) mass is 496 g/mol. The van der Waals surface area contributed by atoms with E-state index in [0.717, 1.165) is 10.5 Å². The lowest BCUT2D eigenvalue weighted by Crippen LogP contribution is -2.36. The van der Waals surface area contributed by atoms with E-state index >= 15 is 0 Å². The molecular weight excluding hydrogens is 480 g/mol. The van der Waals surface area contributed by atoms with E-state index in [-0.39, 0.29) is 15.5 Å². The molecule has 8 nitrogen and oxygen atoms in total. The summed E-state index contributed by atoms with van der Waals surface area (Å²) in [5.41, 5.74) is 2.13. The lowest BCUT2D eigenvalue weighted by molar-refractivity contribution is -0.127. The molecule has 34 heavy (non-hydrogen) atoms.